The smallest absolute Gasteiger partial charge is 0.253 e. The zero-order valence-electron chi connectivity index (χ0n) is 30.3. The van der Waals surface area contributed by atoms with Gasteiger partial charge in [0.2, 0.25) is 0 Å². The number of sulfonamides is 1. The van der Waals surface area contributed by atoms with Gasteiger partial charge in [-0.05, 0) is 137 Å². The topological polar surface area (TPSA) is 155 Å². The van der Waals surface area contributed by atoms with Crippen LogP contribution in [0.25, 0.3) is 0 Å². The molecule has 4 aliphatic rings. The third kappa shape index (κ3) is 11.7. The maximum atomic E-state index is 12.6. The monoisotopic (exact) mass is 741 g/mol. The second-order valence-corrected chi connectivity index (χ2v) is 16.4. The molecule has 3 N–H and O–H groups in total. The van der Waals surface area contributed by atoms with Gasteiger partial charge in [0.1, 0.15) is 11.5 Å². The van der Waals surface area contributed by atoms with Gasteiger partial charge in [-0.2, -0.15) is 5.26 Å². The van der Waals surface area contributed by atoms with Crippen molar-refractivity contribution in [2.45, 2.75) is 68.7 Å². The van der Waals surface area contributed by atoms with E-state index in [1.165, 1.54) is 12.1 Å². The molecule has 0 unspecified atom stereocenters. The summed E-state index contributed by atoms with van der Waals surface area (Å²) in [6.45, 7) is 5.76. The molecule has 0 spiro atoms. The number of hydrazine groups is 1. The van der Waals surface area contributed by atoms with E-state index in [4.69, 9.17) is 20.5 Å². The molecule has 7 rings (SSSR count). The summed E-state index contributed by atoms with van der Waals surface area (Å²) in [6.07, 6.45) is 8.97. The first-order valence-electron chi connectivity index (χ1n) is 19.0. The van der Waals surface area contributed by atoms with E-state index in [-0.39, 0.29) is 28.3 Å². The van der Waals surface area contributed by atoms with E-state index in [0.717, 1.165) is 100 Å². The van der Waals surface area contributed by atoms with Crippen molar-refractivity contribution in [2.24, 2.45) is 23.5 Å². The Bertz CT molecular complexity index is 1840. The first-order chi connectivity index (χ1) is 25.7. The molecule has 0 aromatic heterocycles. The largest absolute Gasteiger partial charge is 0.494 e. The maximum absolute atomic E-state index is 12.6. The SMILES string of the molecule is N#Cc1cccc(S(=O)(=O)NN2CC[C@@H](CCCOc3ccc(C(=O)C4CC4)cc3)C2)c1.N[C@@H]1CCN(CCCOc2ccc(C(=O)C3CC3)cc2)C1. The van der Waals surface area contributed by atoms with Gasteiger partial charge in [-0.15, -0.1) is 4.83 Å². The molecule has 0 radical (unpaired) electrons. The number of nitrogens with two attached hydrogens (primary N) is 1. The number of ketones is 2. The van der Waals surface area contributed by atoms with Crippen molar-refractivity contribution in [1.82, 2.24) is 14.7 Å². The van der Waals surface area contributed by atoms with Crippen LogP contribution >= 0.6 is 0 Å². The zero-order chi connectivity index (χ0) is 37.2. The number of Topliss-reactive ketones (excluding diaryl/α,β-unsaturated/α-hetero) is 2. The molecule has 53 heavy (non-hydrogen) atoms. The number of carbonyl (C=O) groups excluding carboxylic acids is 2. The molecule has 4 fully saturated rings. The van der Waals surface area contributed by atoms with Gasteiger partial charge in [0.05, 0.1) is 29.7 Å². The van der Waals surface area contributed by atoms with Crippen LogP contribution in [-0.4, -0.2) is 81.9 Å². The Kier molecular flexibility index (Phi) is 13.3. The number of hydrogen-bond donors (Lipinski definition) is 2. The van der Waals surface area contributed by atoms with Crippen molar-refractivity contribution in [1.29, 1.82) is 5.26 Å². The van der Waals surface area contributed by atoms with E-state index < -0.39 is 10.0 Å². The number of benzene rings is 3. The number of nitrogens with zero attached hydrogens (tertiary/aromatic N) is 3. The highest BCUT2D eigenvalue weighted by atomic mass is 32.2. The molecular weight excluding hydrogens is 691 g/mol. The Hall–Kier alpha value is -4.12. The third-order valence-electron chi connectivity index (χ3n) is 10.2. The number of carbonyl (C=O) groups is 2. The van der Waals surface area contributed by atoms with Crippen molar-refractivity contribution in [2.75, 3.05) is 45.9 Å². The average Bonchev–Trinajstić information content (AvgIpc) is 4.12. The predicted octanol–water partition coefficient (Wildman–Crippen LogP) is 5.61. The van der Waals surface area contributed by atoms with Gasteiger partial charge < -0.3 is 20.1 Å². The van der Waals surface area contributed by atoms with E-state index >= 15 is 0 Å². The average molecular weight is 742 g/mol. The summed E-state index contributed by atoms with van der Waals surface area (Å²) >= 11 is 0. The lowest BCUT2D eigenvalue weighted by Crippen LogP contribution is -2.40. The lowest BCUT2D eigenvalue weighted by Gasteiger charge is -2.18. The van der Waals surface area contributed by atoms with Crippen molar-refractivity contribution >= 4 is 21.6 Å². The van der Waals surface area contributed by atoms with Crippen molar-refractivity contribution in [3.05, 3.63) is 89.5 Å². The van der Waals surface area contributed by atoms with Gasteiger partial charge in [-0.1, -0.05) is 6.07 Å². The minimum Gasteiger partial charge on any atom is -0.494 e. The molecular formula is C41H51N5O6S. The van der Waals surface area contributed by atoms with Crippen LogP contribution in [0.1, 0.15) is 84.1 Å². The second kappa shape index (κ2) is 18.3. The maximum Gasteiger partial charge on any atom is 0.253 e. The van der Waals surface area contributed by atoms with Crippen LogP contribution < -0.4 is 20.0 Å². The van der Waals surface area contributed by atoms with Gasteiger partial charge in [-0.3, -0.25) is 9.59 Å². The Labute approximate surface area is 313 Å². The highest BCUT2D eigenvalue weighted by molar-refractivity contribution is 7.89. The summed E-state index contributed by atoms with van der Waals surface area (Å²) in [5.74, 6) is 3.02. The first kappa shape index (κ1) is 38.6. The van der Waals surface area contributed by atoms with Crippen LogP contribution in [0.4, 0.5) is 0 Å². The standard InChI is InChI=1S/C24H27N3O4S.C17H24N2O2/c25-16-19-3-1-5-23(15-19)32(29,30)26-27-13-12-18(17-27)4-2-14-31-22-10-8-21(9-11-22)24(28)20-6-7-20;18-15-8-10-19(12-15)9-1-11-21-16-6-4-14(5-7-16)17(20)13-2-3-13/h1,3,5,8-11,15,18,20,26H,2,4,6-7,12-14,17H2;4-7,13,15H,1-3,8-12,18H2/t18-;15-/m11/s1. The van der Waals surface area contributed by atoms with Crippen molar-refractivity contribution < 1.29 is 27.5 Å². The molecule has 3 aromatic rings. The highest BCUT2D eigenvalue weighted by Gasteiger charge is 2.31. The lowest BCUT2D eigenvalue weighted by molar-refractivity contribution is 0.0960. The van der Waals surface area contributed by atoms with Gasteiger partial charge in [-0.25, -0.2) is 13.4 Å². The van der Waals surface area contributed by atoms with E-state index in [1.807, 2.05) is 54.6 Å². The summed E-state index contributed by atoms with van der Waals surface area (Å²) in [5.41, 5.74) is 7.77. The fourth-order valence-electron chi connectivity index (χ4n) is 6.81. The van der Waals surface area contributed by atoms with E-state index in [2.05, 4.69) is 9.73 Å². The van der Waals surface area contributed by atoms with Crippen LogP contribution in [-0.2, 0) is 10.0 Å². The molecule has 0 amide bonds. The van der Waals surface area contributed by atoms with Gasteiger partial charge in [0.25, 0.3) is 10.0 Å². The minimum atomic E-state index is -3.70. The van der Waals surface area contributed by atoms with Crippen LogP contribution in [0.15, 0.2) is 77.7 Å². The molecule has 11 nitrogen and oxygen atoms in total. The number of nitrogens with one attached hydrogen (secondary N) is 1. The van der Waals surface area contributed by atoms with Crippen molar-refractivity contribution in [3.8, 4) is 17.6 Å². The van der Waals surface area contributed by atoms with Gasteiger partial charge >= 0.3 is 0 Å². The molecule has 3 aromatic carbocycles. The summed E-state index contributed by atoms with van der Waals surface area (Å²) in [6, 6.07) is 23.3. The summed E-state index contributed by atoms with van der Waals surface area (Å²) in [5, 5.41) is 10.7. The molecule has 2 saturated heterocycles. The summed E-state index contributed by atoms with van der Waals surface area (Å²) < 4.78 is 36.7. The lowest BCUT2D eigenvalue weighted by atomic mass is 10.0. The number of likely N-dealkylation sites (tertiary alicyclic amines) is 1. The Morgan fingerprint density at radius 2 is 1.40 bits per heavy atom. The quantitative estimate of drug-likeness (QED) is 0.132. The zero-order valence-corrected chi connectivity index (χ0v) is 31.1. The molecule has 0 bridgehead atoms. The second-order valence-electron chi connectivity index (χ2n) is 14.7. The number of nitriles is 1. The van der Waals surface area contributed by atoms with Crippen LogP contribution in [0.2, 0.25) is 0 Å². The van der Waals surface area contributed by atoms with Crippen LogP contribution in [0, 0.1) is 29.1 Å². The predicted molar refractivity (Wildman–Crippen MR) is 202 cm³/mol. The Balaban J connectivity index is 0.000000198. The number of rotatable bonds is 17. The van der Waals surface area contributed by atoms with Gasteiger partial charge in [0, 0.05) is 55.2 Å². The fraction of sp³-hybridized carbons (Fsp3) is 0.488. The fourth-order valence-corrected chi connectivity index (χ4v) is 7.96. The number of ether oxygens (including phenoxy) is 2. The minimum absolute atomic E-state index is 0.0956. The molecule has 2 aliphatic heterocycles. The van der Waals surface area contributed by atoms with Crippen LogP contribution in [0.3, 0.4) is 0 Å². The normalized spacial score (nSPS) is 20.3. The van der Waals surface area contributed by atoms with E-state index in [9.17, 15) is 18.0 Å². The molecule has 2 atom stereocenters. The molecule has 2 saturated carbocycles. The van der Waals surface area contributed by atoms with Gasteiger partial charge in [0.15, 0.2) is 11.6 Å². The summed E-state index contributed by atoms with van der Waals surface area (Å²) in [4.78, 5) is 29.1. The molecule has 2 aliphatic carbocycles. The third-order valence-corrected chi connectivity index (χ3v) is 11.6. The highest BCUT2D eigenvalue weighted by Crippen LogP contribution is 2.34. The molecule has 282 valence electrons. The molecule has 2 heterocycles. The first-order valence-corrected chi connectivity index (χ1v) is 20.4. The van der Waals surface area contributed by atoms with E-state index in [1.54, 1.807) is 17.1 Å². The summed E-state index contributed by atoms with van der Waals surface area (Å²) in [7, 11) is -3.70. The van der Waals surface area contributed by atoms with E-state index in [0.29, 0.717) is 43.8 Å². The molecule has 12 heteroatoms. The Morgan fingerprint density at radius 3 is 1.94 bits per heavy atom. The Morgan fingerprint density at radius 1 is 0.792 bits per heavy atom. The number of hydrogen-bond acceptors (Lipinski definition) is 10. The van der Waals surface area contributed by atoms with Crippen LogP contribution in [0.5, 0.6) is 11.5 Å². The van der Waals surface area contributed by atoms with Crippen molar-refractivity contribution in [3.63, 3.8) is 0 Å².